The lowest BCUT2D eigenvalue weighted by Gasteiger charge is -2.61. The van der Waals surface area contributed by atoms with Gasteiger partial charge in [-0.2, -0.15) is 5.10 Å². The first kappa shape index (κ1) is 19.2. The van der Waals surface area contributed by atoms with Gasteiger partial charge in [0.1, 0.15) is 0 Å². The number of phenolic OH excluding ortho intramolecular Hbond substituents is 2. The number of nitrogens with one attached hydrogen (secondary N) is 1. The number of carbonyl (C=O) groups excluding carboxylic acids is 1. The van der Waals surface area contributed by atoms with Gasteiger partial charge in [-0.15, -0.1) is 0 Å². The Bertz CT molecular complexity index is 998. The summed E-state index contributed by atoms with van der Waals surface area (Å²) in [7, 11) is 0. The van der Waals surface area contributed by atoms with Crippen molar-refractivity contribution < 1.29 is 15.0 Å². The van der Waals surface area contributed by atoms with E-state index in [1.165, 1.54) is 48.7 Å². The maximum absolute atomic E-state index is 13.3. The molecule has 0 radical (unpaired) electrons. The Balaban J connectivity index is 1.37. The van der Waals surface area contributed by atoms with Crippen LogP contribution in [-0.2, 0) is 10.2 Å². The Hall–Kier alpha value is -2.82. The molecule has 0 aliphatic heterocycles. The number of aryl methyl sites for hydroxylation is 1. The summed E-state index contributed by atoms with van der Waals surface area (Å²) < 4.78 is 0. The average Bonchev–Trinajstić information content (AvgIpc) is 2.70. The highest BCUT2D eigenvalue weighted by atomic mass is 16.3. The molecule has 3 N–H and O–H groups in total. The van der Waals surface area contributed by atoms with Crippen molar-refractivity contribution in [2.24, 2.45) is 22.4 Å². The van der Waals surface area contributed by atoms with Crippen LogP contribution in [0.25, 0.3) is 0 Å². The van der Waals surface area contributed by atoms with Crippen molar-refractivity contribution >= 4 is 12.1 Å². The predicted octanol–water partition coefficient (Wildman–Crippen LogP) is 4.39. The standard InChI is InChI=1S/C25H28N2O3/c1-16-2-5-20(6-3-16)24-10-18-8-19(11-24)13-25(12-18,15-24)23(30)27-26-14-17-4-7-21(28)22(29)9-17/h2-7,9,14,18-19,28-29H,8,10-13,15H2,1H3,(H,27,30)/b26-14+/t18-,19+,24?,25?. The van der Waals surface area contributed by atoms with Crippen molar-refractivity contribution in [2.45, 2.75) is 50.9 Å². The Labute approximate surface area is 176 Å². The molecule has 2 unspecified atom stereocenters. The normalized spacial score (nSPS) is 31.9. The minimum Gasteiger partial charge on any atom is -0.504 e. The molecule has 0 spiro atoms. The van der Waals surface area contributed by atoms with Gasteiger partial charge < -0.3 is 10.2 Å². The van der Waals surface area contributed by atoms with E-state index in [4.69, 9.17) is 0 Å². The van der Waals surface area contributed by atoms with E-state index in [2.05, 4.69) is 41.7 Å². The van der Waals surface area contributed by atoms with Gasteiger partial charge in [0.05, 0.1) is 11.6 Å². The summed E-state index contributed by atoms with van der Waals surface area (Å²) in [5, 5.41) is 23.2. The lowest BCUT2D eigenvalue weighted by atomic mass is 9.42. The second-order valence-corrected chi connectivity index (χ2v) is 9.83. The van der Waals surface area contributed by atoms with Crippen molar-refractivity contribution in [3.8, 4) is 11.5 Å². The molecule has 1 amide bonds. The van der Waals surface area contributed by atoms with Gasteiger partial charge in [0.2, 0.25) is 5.91 Å². The van der Waals surface area contributed by atoms with Crippen LogP contribution in [0.5, 0.6) is 11.5 Å². The summed E-state index contributed by atoms with van der Waals surface area (Å²) in [4.78, 5) is 13.3. The quantitative estimate of drug-likeness (QED) is 0.401. The Morgan fingerprint density at radius 3 is 2.40 bits per heavy atom. The smallest absolute Gasteiger partial charge is 0.246 e. The third-order valence-corrected chi connectivity index (χ3v) is 7.59. The van der Waals surface area contributed by atoms with Crippen molar-refractivity contribution in [1.82, 2.24) is 5.43 Å². The van der Waals surface area contributed by atoms with E-state index in [1.54, 1.807) is 6.07 Å². The molecule has 4 fully saturated rings. The molecule has 0 aromatic heterocycles. The molecule has 5 nitrogen and oxygen atoms in total. The number of aromatic hydroxyl groups is 2. The molecule has 4 saturated carbocycles. The SMILES string of the molecule is Cc1ccc(C23C[C@@H]4C[C@@H](CC(C(=O)N/N=C/c5ccc(O)c(O)c5)(C4)C2)C3)cc1. The highest BCUT2D eigenvalue weighted by molar-refractivity contribution is 5.86. The molecule has 4 aliphatic rings. The maximum atomic E-state index is 13.3. The molecular formula is C25H28N2O3. The van der Waals surface area contributed by atoms with Crippen molar-refractivity contribution in [3.63, 3.8) is 0 Å². The first-order valence-electron chi connectivity index (χ1n) is 10.8. The van der Waals surface area contributed by atoms with Gasteiger partial charge in [-0.05, 0) is 92.0 Å². The van der Waals surface area contributed by atoms with Crippen molar-refractivity contribution in [3.05, 3.63) is 59.2 Å². The monoisotopic (exact) mass is 404 g/mol. The molecule has 156 valence electrons. The first-order chi connectivity index (χ1) is 14.4. The molecule has 5 heteroatoms. The van der Waals surface area contributed by atoms with Crippen LogP contribution in [0.1, 0.15) is 55.2 Å². The van der Waals surface area contributed by atoms with E-state index in [0.29, 0.717) is 17.4 Å². The van der Waals surface area contributed by atoms with Gasteiger partial charge in [-0.1, -0.05) is 29.8 Å². The fraction of sp³-hybridized carbons (Fsp3) is 0.440. The fourth-order valence-electron chi connectivity index (χ4n) is 6.68. The van der Waals surface area contributed by atoms with E-state index < -0.39 is 0 Å². The molecule has 4 atom stereocenters. The number of hydrogen-bond donors (Lipinski definition) is 3. The summed E-state index contributed by atoms with van der Waals surface area (Å²) in [6.45, 7) is 2.12. The number of phenols is 2. The summed E-state index contributed by atoms with van der Waals surface area (Å²) in [5.74, 6) is 0.859. The molecular weight excluding hydrogens is 376 g/mol. The van der Waals surface area contributed by atoms with Crippen LogP contribution in [-0.4, -0.2) is 22.3 Å². The number of rotatable bonds is 4. The molecule has 4 aliphatic carbocycles. The van der Waals surface area contributed by atoms with Crippen LogP contribution < -0.4 is 5.43 Å². The van der Waals surface area contributed by atoms with E-state index in [-0.39, 0.29) is 28.2 Å². The van der Waals surface area contributed by atoms with Gasteiger partial charge in [0, 0.05) is 0 Å². The van der Waals surface area contributed by atoms with E-state index >= 15 is 0 Å². The van der Waals surface area contributed by atoms with E-state index in [1.807, 2.05) is 0 Å². The lowest BCUT2D eigenvalue weighted by molar-refractivity contribution is -0.149. The van der Waals surface area contributed by atoms with Gasteiger partial charge in [-0.3, -0.25) is 4.79 Å². The second kappa shape index (κ2) is 6.86. The molecule has 6 rings (SSSR count). The van der Waals surface area contributed by atoms with E-state index in [9.17, 15) is 15.0 Å². The van der Waals surface area contributed by atoms with Crippen LogP contribution in [0, 0.1) is 24.2 Å². The summed E-state index contributed by atoms with van der Waals surface area (Å²) >= 11 is 0. The number of benzene rings is 2. The third-order valence-electron chi connectivity index (χ3n) is 7.59. The molecule has 4 bridgehead atoms. The Morgan fingerprint density at radius 2 is 1.73 bits per heavy atom. The number of hydrazone groups is 1. The van der Waals surface area contributed by atoms with Gasteiger partial charge in [-0.25, -0.2) is 5.43 Å². The molecule has 0 saturated heterocycles. The molecule has 30 heavy (non-hydrogen) atoms. The predicted molar refractivity (Wildman–Crippen MR) is 115 cm³/mol. The highest BCUT2D eigenvalue weighted by Crippen LogP contribution is 2.65. The van der Waals surface area contributed by atoms with Crippen molar-refractivity contribution in [1.29, 1.82) is 0 Å². The minimum atomic E-state index is -0.344. The Morgan fingerprint density at radius 1 is 1.03 bits per heavy atom. The zero-order valence-electron chi connectivity index (χ0n) is 17.3. The number of amides is 1. The van der Waals surface area contributed by atoms with Gasteiger partial charge >= 0.3 is 0 Å². The van der Waals surface area contributed by atoms with Crippen LogP contribution >= 0.6 is 0 Å². The average molecular weight is 405 g/mol. The fourth-order valence-corrected chi connectivity index (χ4v) is 6.68. The van der Waals surface area contributed by atoms with Gasteiger partial charge in [0.25, 0.3) is 0 Å². The topological polar surface area (TPSA) is 81.9 Å². The second-order valence-electron chi connectivity index (χ2n) is 9.83. The van der Waals surface area contributed by atoms with Crippen molar-refractivity contribution in [2.75, 3.05) is 0 Å². The number of hydrogen-bond acceptors (Lipinski definition) is 4. The van der Waals surface area contributed by atoms with Crippen LogP contribution in [0.4, 0.5) is 0 Å². The third kappa shape index (κ3) is 3.17. The Kier molecular flexibility index (Phi) is 4.38. The zero-order valence-corrected chi connectivity index (χ0v) is 17.3. The lowest BCUT2D eigenvalue weighted by Crippen LogP contribution is -2.58. The molecule has 2 aromatic carbocycles. The first-order valence-corrected chi connectivity index (χ1v) is 10.8. The largest absolute Gasteiger partial charge is 0.504 e. The molecule has 2 aromatic rings. The van der Waals surface area contributed by atoms with Crippen LogP contribution in [0.2, 0.25) is 0 Å². The summed E-state index contributed by atoms with van der Waals surface area (Å²) in [5.41, 5.74) is 5.83. The number of carbonyl (C=O) groups is 1. The number of nitrogens with zero attached hydrogens (tertiary/aromatic N) is 1. The van der Waals surface area contributed by atoms with Gasteiger partial charge in [0.15, 0.2) is 11.5 Å². The highest BCUT2D eigenvalue weighted by Gasteiger charge is 2.60. The van der Waals surface area contributed by atoms with E-state index in [0.717, 1.165) is 19.3 Å². The zero-order chi connectivity index (χ0) is 20.9. The maximum Gasteiger partial charge on any atom is 0.246 e. The van der Waals surface area contributed by atoms with Crippen LogP contribution in [0.15, 0.2) is 47.6 Å². The van der Waals surface area contributed by atoms with Crippen LogP contribution in [0.3, 0.4) is 0 Å². The molecule has 0 heterocycles. The minimum absolute atomic E-state index is 0.0207. The summed E-state index contributed by atoms with van der Waals surface area (Å²) in [6, 6.07) is 13.4. The summed E-state index contributed by atoms with van der Waals surface area (Å²) in [6.07, 6.45) is 7.95.